The molecule has 0 spiro atoms. The number of rotatable bonds is 4. The van der Waals surface area contributed by atoms with Crippen molar-refractivity contribution in [3.8, 4) is 5.75 Å². The Morgan fingerprint density at radius 3 is 2.17 bits per heavy atom. The van der Waals surface area contributed by atoms with E-state index in [2.05, 4.69) is 0 Å². The Morgan fingerprint density at radius 1 is 1.00 bits per heavy atom. The van der Waals surface area contributed by atoms with Gasteiger partial charge >= 0.3 is 0 Å². The number of nitrogens with two attached hydrogens (primary N) is 1. The van der Waals surface area contributed by atoms with Gasteiger partial charge in [0, 0.05) is 18.3 Å². The maximum Gasteiger partial charge on any atom is 0.238 e. The summed E-state index contributed by atoms with van der Waals surface area (Å²) >= 11 is 0. The third-order valence-corrected chi connectivity index (χ3v) is 4.76. The average molecular weight is 342 g/mol. The number of nitrogens with zero attached hydrogens (tertiary/aromatic N) is 1. The Kier molecular flexibility index (Phi) is 4.42. The SMILES string of the molecule is CC1=C(S(N)(=O)=O)C=C(Oc2ccccc2)N(c2ccccc2)C1. The van der Waals surface area contributed by atoms with Gasteiger partial charge in [0.15, 0.2) is 0 Å². The zero-order chi connectivity index (χ0) is 17.2. The third-order valence-electron chi connectivity index (χ3n) is 3.68. The second-order valence-electron chi connectivity index (χ2n) is 5.51. The molecule has 0 bridgehead atoms. The van der Waals surface area contributed by atoms with Crippen molar-refractivity contribution in [2.75, 3.05) is 11.4 Å². The fourth-order valence-corrected chi connectivity index (χ4v) is 3.37. The van der Waals surface area contributed by atoms with Crippen molar-refractivity contribution in [3.63, 3.8) is 0 Å². The molecule has 0 atom stereocenters. The molecule has 2 N–H and O–H groups in total. The molecule has 0 amide bonds. The number of primary sulfonamides is 1. The van der Waals surface area contributed by atoms with Gasteiger partial charge in [-0.15, -0.1) is 0 Å². The van der Waals surface area contributed by atoms with Crippen molar-refractivity contribution in [2.24, 2.45) is 5.14 Å². The molecule has 0 aliphatic carbocycles. The summed E-state index contributed by atoms with van der Waals surface area (Å²) in [6.07, 6.45) is 1.48. The highest BCUT2D eigenvalue weighted by molar-refractivity contribution is 7.93. The molecule has 124 valence electrons. The molecule has 0 radical (unpaired) electrons. The summed E-state index contributed by atoms with van der Waals surface area (Å²) in [5.41, 5.74) is 1.58. The summed E-state index contributed by atoms with van der Waals surface area (Å²) in [4.78, 5) is 2.01. The Morgan fingerprint density at radius 2 is 1.58 bits per heavy atom. The van der Waals surface area contributed by atoms with E-state index in [1.165, 1.54) is 6.08 Å². The molecular formula is C18H18N2O3S. The van der Waals surface area contributed by atoms with Crippen molar-refractivity contribution in [1.29, 1.82) is 0 Å². The first-order valence-electron chi connectivity index (χ1n) is 7.45. The number of hydrogen-bond acceptors (Lipinski definition) is 4. The van der Waals surface area contributed by atoms with E-state index in [0.29, 0.717) is 23.8 Å². The van der Waals surface area contributed by atoms with Gasteiger partial charge in [0.2, 0.25) is 15.9 Å². The minimum absolute atomic E-state index is 0.0978. The van der Waals surface area contributed by atoms with Crippen LogP contribution in [0.5, 0.6) is 5.75 Å². The lowest BCUT2D eigenvalue weighted by Gasteiger charge is -2.31. The first kappa shape index (κ1) is 16.3. The summed E-state index contributed by atoms with van der Waals surface area (Å²) in [5.74, 6) is 1.04. The van der Waals surface area contributed by atoms with Crippen LogP contribution in [0.2, 0.25) is 0 Å². The molecule has 6 heteroatoms. The first-order valence-corrected chi connectivity index (χ1v) is 8.99. The number of anilines is 1. The molecule has 0 aromatic heterocycles. The van der Waals surface area contributed by atoms with Crippen LogP contribution in [0.4, 0.5) is 5.69 Å². The lowest BCUT2D eigenvalue weighted by Crippen LogP contribution is -2.33. The van der Waals surface area contributed by atoms with Gasteiger partial charge in [-0.05, 0) is 36.8 Å². The Bertz CT molecular complexity index is 888. The predicted molar refractivity (Wildman–Crippen MR) is 94.7 cm³/mol. The van der Waals surface area contributed by atoms with Crippen molar-refractivity contribution in [2.45, 2.75) is 6.92 Å². The van der Waals surface area contributed by atoms with Gasteiger partial charge in [-0.25, -0.2) is 13.6 Å². The number of sulfonamides is 1. The minimum atomic E-state index is -3.81. The molecule has 1 aliphatic heterocycles. The van der Waals surface area contributed by atoms with Crippen LogP contribution in [-0.2, 0) is 10.0 Å². The molecule has 1 aliphatic rings. The lowest BCUT2D eigenvalue weighted by molar-refractivity contribution is 0.405. The van der Waals surface area contributed by atoms with Crippen LogP contribution in [0.1, 0.15) is 6.92 Å². The first-order chi connectivity index (χ1) is 11.4. The summed E-state index contributed by atoms with van der Waals surface area (Å²) in [6, 6.07) is 18.9. The number of allylic oxidation sites excluding steroid dienone is 1. The van der Waals surface area contributed by atoms with Crippen molar-refractivity contribution in [1.82, 2.24) is 0 Å². The van der Waals surface area contributed by atoms with Crippen LogP contribution < -0.4 is 14.8 Å². The lowest BCUT2D eigenvalue weighted by atomic mass is 10.1. The molecule has 0 unspecified atom stereocenters. The third kappa shape index (κ3) is 3.50. The Labute approximate surface area is 141 Å². The zero-order valence-corrected chi connectivity index (χ0v) is 14.0. The molecule has 3 rings (SSSR count). The van der Waals surface area contributed by atoms with E-state index in [1.54, 1.807) is 6.92 Å². The number of benzene rings is 2. The summed E-state index contributed by atoms with van der Waals surface area (Å²) < 4.78 is 29.6. The van der Waals surface area contributed by atoms with E-state index < -0.39 is 10.0 Å². The number of hydrogen-bond donors (Lipinski definition) is 1. The van der Waals surface area contributed by atoms with Crippen molar-refractivity contribution >= 4 is 15.7 Å². The fraction of sp³-hybridized carbons (Fsp3) is 0.111. The van der Waals surface area contributed by atoms with Crippen LogP contribution in [0.3, 0.4) is 0 Å². The molecule has 5 nitrogen and oxygen atoms in total. The van der Waals surface area contributed by atoms with E-state index in [4.69, 9.17) is 9.88 Å². The molecule has 1 heterocycles. The Hall–Kier alpha value is -2.57. The Balaban J connectivity index is 2.05. The van der Waals surface area contributed by atoms with Gasteiger partial charge in [-0.1, -0.05) is 36.4 Å². The number of ether oxygens (including phenoxy) is 1. The summed E-state index contributed by atoms with van der Waals surface area (Å²) in [6.45, 7) is 2.14. The molecule has 0 saturated carbocycles. The predicted octanol–water partition coefficient (Wildman–Crippen LogP) is 2.99. The average Bonchev–Trinajstić information content (AvgIpc) is 2.57. The highest BCUT2D eigenvalue weighted by Gasteiger charge is 2.26. The minimum Gasteiger partial charge on any atom is -0.441 e. The van der Waals surface area contributed by atoms with E-state index in [1.807, 2.05) is 65.6 Å². The summed E-state index contributed by atoms with van der Waals surface area (Å²) in [5, 5.41) is 5.34. The van der Waals surface area contributed by atoms with E-state index in [0.717, 1.165) is 5.69 Å². The molecule has 24 heavy (non-hydrogen) atoms. The van der Waals surface area contributed by atoms with Gasteiger partial charge in [-0.2, -0.15) is 0 Å². The fourth-order valence-electron chi connectivity index (χ4n) is 2.55. The maximum atomic E-state index is 11.8. The second-order valence-corrected chi connectivity index (χ2v) is 7.04. The smallest absolute Gasteiger partial charge is 0.238 e. The monoisotopic (exact) mass is 342 g/mol. The second kappa shape index (κ2) is 6.51. The maximum absolute atomic E-state index is 11.8. The zero-order valence-electron chi connectivity index (χ0n) is 13.2. The standard InChI is InChI=1S/C18H18N2O3S/c1-14-13-20(15-8-4-2-5-9-15)18(12-17(14)24(19,21)22)23-16-10-6-3-7-11-16/h2-12H,13H2,1H3,(H2,19,21,22). The van der Waals surface area contributed by atoms with Crippen LogP contribution in [0.15, 0.2) is 83.1 Å². The van der Waals surface area contributed by atoms with Gasteiger partial charge in [-0.3, -0.25) is 0 Å². The van der Waals surface area contributed by atoms with Gasteiger partial charge in [0.1, 0.15) is 5.75 Å². The summed E-state index contributed by atoms with van der Waals surface area (Å²) in [7, 11) is -3.81. The molecule has 0 fully saturated rings. The van der Waals surface area contributed by atoms with E-state index >= 15 is 0 Å². The molecule has 2 aromatic rings. The molecule has 2 aromatic carbocycles. The quantitative estimate of drug-likeness (QED) is 0.927. The van der Waals surface area contributed by atoms with E-state index in [9.17, 15) is 8.42 Å². The largest absolute Gasteiger partial charge is 0.441 e. The van der Waals surface area contributed by atoms with Crippen LogP contribution >= 0.6 is 0 Å². The highest BCUT2D eigenvalue weighted by atomic mass is 32.2. The van der Waals surface area contributed by atoms with Gasteiger partial charge in [0.05, 0.1) is 4.91 Å². The van der Waals surface area contributed by atoms with Crippen LogP contribution in [-0.4, -0.2) is 15.0 Å². The highest BCUT2D eigenvalue weighted by Crippen LogP contribution is 2.29. The van der Waals surface area contributed by atoms with E-state index in [-0.39, 0.29) is 4.91 Å². The van der Waals surface area contributed by atoms with Crippen molar-refractivity contribution < 1.29 is 13.2 Å². The van der Waals surface area contributed by atoms with Gasteiger partial charge < -0.3 is 9.64 Å². The van der Waals surface area contributed by atoms with Crippen LogP contribution in [0.25, 0.3) is 0 Å². The normalized spacial score (nSPS) is 15.2. The van der Waals surface area contributed by atoms with Crippen LogP contribution in [0, 0.1) is 0 Å². The topological polar surface area (TPSA) is 72.6 Å². The van der Waals surface area contributed by atoms with Gasteiger partial charge in [0.25, 0.3) is 0 Å². The number of para-hydroxylation sites is 2. The van der Waals surface area contributed by atoms with Crippen molar-refractivity contribution in [3.05, 3.63) is 83.1 Å². The molecular weight excluding hydrogens is 324 g/mol. The molecule has 0 saturated heterocycles.